The van der Waals surface area contributed by atoms with Crippen LogP contribution in [0.3, 0.4) is 0 Å². The molecule has 0 heterocycles. The van der Waals surface area contributed by atoms with Crippen molar-refractivity contribution in [3.63, 3.8) is 0 Å². The first-order valence-corrected chi connectivity index (χ1v) is 15.1. The van der Waals surface area contributed by atoms with Crippen molar-refractivity contribution in [1.29, 1.82) is 0 Å². The zero-order valence-corrected chi connectivity index (χ0v) is 23.0. The fourth-order valence-electron chi connectivity index (χ4n) is 2.80. The van der Waals surface area contributed by atoms with Crippen LogP contribution in [-0.4, -0.2) is 102 Å². The zero-order chi connectivity index (χ0) is 23.0. The molecule has 8 heteroatoms. The molecular weight excluding hydrogens is 432 g/mol. The normalized spacial score (nSPS) is 12.8. The second-order valence-electron chi connectivity index (χ2n) is 7.58. The number of nitrogens with zero attached hydrogens (tertiary/aromatic N) is 1. The van der Waals surface area contributed by atoms with Crippen molar-refractivity contribution in [2.24, 2.45) is 0 Å². The Morgan fingerprint density at radius 1 is 0.581 bits per heavy atom. The van der Waals surface area contributed by atoms with Crippen LogP contribution >= 0.6 is 17.2 Å². The molecule has 0 saturated heterocycles. The van der Waals surface area contributed by atoms with Gasteiger partial charge < -0.3 is 28.6 Å². The Bertz CT molecular complexity index is 312. The summed E-state index contributed by atoms with van der Waals surface area (Å²) < 4.78 is 28.7. The summed E-state index contributed by atoms with van der Waals surface area (Å²) in [6.45, 7) is 15.7. The van der Waals surface area contributed by atoms with Crippen molar-refractivity contribution < 1.29 is 23.7 Å². The van der Waals surface area contributed by atoms with E-state index in [4.69, 9.17) is 23.7 Å². The third kappa shape index (κ3) is 20.9. The number of ether oxygens (including phenoxy) is 5. The van der Waals surface area contributed by atoms with E-state index in [2.05, 4.69) is 32.6 Å². The summed E-state index contributed by atoms with van der Waals surface area (Å²) in [5.41, 5.74) is 0. The number of rotatable bonds is 25. The molecule has 0 fully saturated rings. The molecule has 0 bridgehead atoms. The van der Waals surface area contributed by atoms with Gasteiger partial charge in [0.25, 0.3) is 0 Å². The van der Waals surface area contributed by atoms with Crippen LogP contribution in [0.15, 0.2) is 0 Å². The molecule has 0 spiro atoms. The molecule has 2 atom stereocenters. The van der Waals surface area contributed by atoms with Crippen molar-refractivity contribution in [1.82, 2.24) is 4.90 Å². The maximum absolute atomic E-state index is 5.85. The van der Waals surface area contributed by atoms with Gasteiger partial charge in [-0.1, -0.05) is 27.7 Å². The molecule has 0 radical (unpaired) electrons. The van der Waals surface area contributed by atoms with Gasteiger partial charge in [-0.15, -0.1) is 17.2 Å². The van der Waals surface area contributed by atoms with Crippen LogP contribution in [0, 0.1) is 0 Å². The summed E-state index contributed by atoms with van der Waals surface area (Å²) in [7, 11) is 3.51. The lowest BCUT2D eigenvalue weighted by molar-refractivity contribution is -0.127. The molecule has 6 nitrogen and oxygen atoms in total. The van der Waals surface area contributed by atoms with Crippen LogP contribution in [-0.2, 0) is 23.7 Å². The van der Waals surface area contributed by atoms with E-state index in [0.29, 0.717) is 0 Å². The Balaban J connectivity index is 4.19. The molecule has 0 aliphatic carbocycles. The van der Waals surface area contributed by atoms with Crippen molar-refractivity contribution in [2.45, 2.75) is 66.0 Å². The van der Waals surface area contributed by atoms with E-state index < -0.39 is 0 Å². The summed E-state index contributed by atoms with van der Waals surface area (Å²) >= 11 is 0. The van der Waals surface area contributed by atoms with E-state index in [9.17, 15) is 0 Å². The molecule has 188 valence electrons. The summed E-state index contributed by atoms with van der Waals surface area (Å²) in [5, 5.41) is 0. The van der Waals surface area contributed by atoms with Crippen LogP contribution in [0.4, 0.5) is 0 Å². The van der Waals surface area contributed by atoms with Gasteiger partial charge in [-0.05, 0) is 38.0 Å². The van der Waals surface area contributed by atoms with E-state index in [-0.39, 0.29) is 12.6 Å². The van der Waals surface area contributed by atoms with Crippen LogP contribution in [0.2, 0.25) is 0 Å². The van der Waals surface area contributed by atoms with Crippen LogP contribution in [0.25, 0.3) is 0 Å². The molecule has 31 heavy (non-hydrogen) atoms. The van der Waals surface area contributed by atoms with Crippen molar-refractivity contribution >= 4 is 17.2 Å². The SMILES string of the molecule is CCCOC(CPCCN(CCOC)CCPCC(OCCC)OCCC)OCCC. The first-order valence-electron chi connectivity index (χ1n) is 12.3. The smallest absolute Gasteiger partial charge is 0.161 e. The van der Waals surface area contributed by atoms with Crippen LogP contribution < -0.4 is 0 Å². The molecule has 0 N–H and O–H groups in total. The molecule has 0 aliphatic rings. The topological polar surface area (TPSA) is 49.4 Å². The first-order chi connectivity index (χ1) is 15.2. The fraction of sp³-hybridized carbons (Fsp3) is 1.00. The lowest BCUT2D eigenvalue weighted by Gasteiger charge is -2.23. The monoisotopic (exact) mass is 483 g/mol. The highest BCUT2D eigenvalue weighted by Gasteiger charge is 2.11. The third-order valence-corrected chi connectivity index (χ3v) is 6.87. The molecule has 2 unspecified atom stereocenters. The number of methoxy groups -OCH3 is 1. The summed E-state index contributed by atoms with van der Waals surface area (Å²) in [6, 6.07) is 0. The van der Waals surface area contributed by atoms with Gasteiger partial charge in [-0.3, -0.25) is 0 Å². The highest BCUT2D eigenvalue weighted by Crippen LogP contribution is 2.17. The first kappa shape index (κ1) is 31.6. The average molecular weight is 484 g/mol. The Kier molecular flexibility index (Phi) is 25.8. The quantitative estimate of drug-likeness (QED) is 0.107. The van der Waals surface area contributed by atoms with E-state index in [1.807, 2.05) is 0 Å². The zero-order valence-electron chi connectivity index (χ0n) is 21.0. The Labute approximate surface area is 196 Å². The van der Waals surface area contributed by atoms with E-state index in [1.165, 1.54) is 12.3 Å². The Morgan fingerprint density at radius 2 is 0.968 bits per heavy atom. The fourth-order valence-corrected chi connectivity index (χ4v) is 5.10. The van der Waals surface area contributed by atoms with Crippen LogP contribution in [0.5, 0.6) is 0 Å². The lowest BCUT2D eigenvalue weighted by Crippen LogP contribution is -2.32. The minimum atomic E-state index is -0.0321. The summed E-state index contributed by atoms with van der Waals surface area (Å²) in [5.74, 6) is 0. The second kappa shape index (κ2) is 25.2. The molecule has 0 amide bonds. The van der Waals surface area contributed by atoms with Crippen molar-refractivity contribution in [3.8, 4) is 0 Å². The lowest BCUT2D eigenvalue weighted by atomic mass is 10.5. The van der Waals surface area contributed by atoms with Gasteiger partial charge in [0.1, 0.15) is 0 Å². The van der Waals surface area contributed by atoms with Gasteiger partial charge in [-0.25, -0.2) is 0 Å². The number of hydrogen-bond donors (Lipinski definition) is 0. The maximum Gasteiger partial charge on any atom is 0.161 e. The summed E-state index contributed by atoms with van der Waals surface area (Å²) in [6.07, 6.45) is 8.47. The van der Waals surface area contributed by atoms with Gasteiger partial charge >= 0.3 is 0 Å². The minimum Gasteiger partial charge on any atom is -0.383 e. The van der Waals surface area contributed by atoms with Gasteiger partial charge in [0.05, 0.1) is 6.61 Å². The largest absolute Gasteiger partial charge is 0.383 e. The Morgan fingerprint density at radius 3 is 1.29 bits per heavy atom. The van der Waals surface area contributed by atoms with E-state index in [1.54, 1.807) is 7.11 Å². The second-order valence-corrected chi connectivity index (χ2v) is 10.4. The standard InChI is InChI=1S/C23H51NO5P2/c1-6-13-26-22(27-14-7-2)20-30-18-11-24(10-17-25-5)12-19-31-21-23(28-15-8-3)29-16-9-4/h22-23,30-31H,6-21H2,1-5H3. The molecular formula is C23H51NO5P2. The minimum absolute atomic E-state index is 0.0321. The average Bonchev–Trinajstić information content (AvgIpc) is 2.79. The highest BCUT2D eigenvalue weighted by molar-refractivity contribution is 7.38. The molecule has 0 aromatic heterocycles. The van der Waals surface area contributed by atoms with Crippen molar-refractivity contribution in [3.05, 3.63) is 0 Å². The van der Waals surface area contributed by atoms with E-state index >= 15 is 0 Å². The van der Waals surface area contributed by atoms with Gasteiger partial charge in [0.15, 0.2) is 12.6 Å². The molecule has 0 aliphatic heterocycles. The maximum atomic E-state index is 5.85. The Hall–Kier alpha value is 0.620. The van der Waals surface area contributed by atoms with Crippen molar-refractivity contribution in [2.75, 3.05) is 84.4 Å². The molecule has 0 saturated carbocycles. The molecule has 0 aromatic rings. The van der Waals surface area contributed by atoms with Gasteiger partial charge in [0.2, 0.25) is 0 Å². The molecule has 0 rings (SSSR count). The summed E-state index contributed by atoms with van der Waals surface area (Å²) in [4.78, 5) is 2.53. The number of hydrogen-bond acceptors (Lipinski definition) is 6. The van der Waals surface area contributed by atoms with Crippen LogP contribution in [0.1, 0.15) is 53.4 Å². The predicted octanol–water partition coefficient (Wildman–Crippen LogP) is 4.65. The van der Waals surface area contributed by atoms with Gasteiger partial charge in [0, 0.05) is 65.5 Å². The predicted molar refractivity (Wildman–Crippen MR) is 137 cm³/mol. The van der Waals surface area contributed by atoms with Gasteiger partial charge in [-0.2, -0.15) is 0 Å². The molecule has 0 aromatic carbocycles. The highest BCUT2D eigenvalue weighted by atomic mass is 31.1. The van der Waals surface area contributed by atoms with E-state index in [0.717, 1.165) is 108 Å². The third-order valence-electron chi connectivity index (χ3n) is 4.47.